The fourth-order valence-electron chi connectivity index (χ4n) is 3.26. The van der Waals surface area contributed by atoms with Crippen LogP contribution in [0.1, 0.15) is 0 Å². The Morgan fingerprint density at radius 1 is 0.564 bits per heavy atom. The lowest BCUT2D eigenvalue weighted by atomic mass is 10.1. The second kappa shape index (κ2) is 9.91. The average Bonchev–Trinajstić information content (AvgIpc) is 2.87. The Morgan fingerprint density at radius 3 is 1.26 bits per heavy atom. The van der Waals surface area contributed by atoms with E-state index in [-0.39, 0.29) is 4.13 Å². The van der Waals surface area contributed by atoms with Crippen LogP contribution in [0.25, 0.3) is 21.5 Å². The summed E-state index contributed by atoms with van der Waals surface area (Å²) in [4.78, 5) is 23.9. The molecule has 4 aromatic rings. The molecule has 4 aromatic carbocycles. The smallest absolute Gasteiger partial charge is 0.421 e. The lowest BCUT2D eigenvalue weighted by Gasteiger charge is -2.19. The molecule has 0 saturated carbocycles. The van der Waals surface area contributed by atoms with E-state index in [1.54, 1.807) is 36.4 Å². The zero-order chi connectivity index (χ0) is 28.6. The molecule has 0 bridgehead atoms. The number of hydrogen-bond donors (Lipinski definition) is 1. The highest BCUT2D eigenvalue weighted by Crippen LogP contribution is 2.31. The van der Waals surface area contributed by atoms with Crippen molar-refractivity contribution in [1.29, 1.82) is 0 Å². The van der Waals surface area contributed by atoms with Gasteiger partial charge in [0, 0.05) is 0 Å². The SMILES string of the molecule is O=C(Oc1ccc2ccccc2c1)C(F)(F)S(=O)(=O)NS(=O)(=O)C(F)(F)C(=O)Oc1ccc2ccccc2c1. The molecule has 0 atom stereocenters. The molecule has 0 fully saturated rings. The molecule has 0 amide bonds. The van der Waals surface area contributed by atoms with Gasteiger partial charge in [0.25, 0.3) is 0 Å². The van der Waals surface area contributed by atoms with Crippen LogP contribution in [-0.4, -0.2) is 39.3 Å². The first kappa shape index (κ1) is 27.9. The maximum Gasteiger partial charge on any atom is 0.455 e. The summed E-state index contributed by atoms with van der Waals surface area (Å²) in [6.45, 7) is 0. The summed E-state index contributed by atoms with van der Waals surface area (Å²) in [7, 11) is -13.5. The van der Waals surface area contributed by atoms with Crippen LogP contribution in [-0.2, 0) is 29.6 Å². The average molecular weight is 586 g/mol. The molecule has 0 radical (unpaired) electrons. The molecule has 9 nitrogen and oxygen atoms in total. The molecule has 0 aliphatic heterocycles. The van der Waals surface area contributed by atoms with E-state index in [1.165, 1.54) is 24.3 Å². The van der Waals surface area contributed by atoms with Gasteiger partial charge in [0.2, 0.25) is 0 Å². The number of fused-ring (bicyclic) bond motifs is 2. The molecule has 0 aromatic heterocycles. The Kier molecular flexibility index (Phi) is 7.10. The van der Waals surface area contributed by atoms with Crippen molar-refractivity contribution < 1.29 is 53.5 Å². The largest absolute Gasteiger partial charge is 0.455 e. The third-order valence-electron chi connectivity index (χ3n) is 5.23. The predicted molar refractivity (Wildman–Crippen MR) is 130 cm³/mol. The molecule has 204 valence electrons. The minimum absolute atomic E-state index is 0.0486. The highest BCUT2D eigenvalue weighted by atomic mass is 32.3. The van der Waals surface area contributed by atoms with Crippen molar-refractivity contribution in [3.05, 3.63) is 84.9 Å². The van der Waals surface area contributed by atoms with Crippen LogP contribution in [0.2, 0.25) is 0 Å². The molecule has 4 rings (SSSR count). The lowest BCUT2D eigenvalue weighted by Crippen LogP contribution is -2.55. The maximum absolute atomic E-state index is 14.5. The van der Waals surface area contributed by atoms with Crippen LogP contribution in [0.5, 0.6) is 11.5 Å². The van der Waals surface area contributed by atoms with Crippen molar-refractivity contribution >= 4 is 53.5 Å². The Hall–Kier alpha value is -4.08. The van der Waals surface area contributed by atoms with Crippen LogP contribution in [0.15, 0.2) is 84.9 Å². The Bertz CT molecular complexity index is 1690. The molecule has 0 saturated heterocycles. The molecule has 0 aliphatic carbocycles. The number of carbonyl (C=O) groups excluding carboxylic acids is 2. The van der Waals surface area contributed by atoms with Crippen LogP contribution in [0, 0.1) is 0 Å². The Labute approximate surface area is 218 Å². The van der Waals surface area contributed by atoms with Crippen molar-refractivity contribution in [2.45, 2.75) is 10.5 Å². The second-order valence-electron chi connectivity index (χ2n) is 7.92. The molecule has 15 heteroatoms. The first-order valence-corrected chi connectivity index (χ1v) is 13.6. The summed E-state index contributed by atoms with van der Waals surface area (Å²) in [5.74, 6) is -6.66. The summed E-state index contributed by atoms with van der Waals surface area (Å²) < 4.78 is 115. The number of benzene rings is 4. The number of nitrogens with one attached hydrogen (secondary N) is 1. The molecular formula is C24H15F4NO8S2. The van der Waals surface area contributed by atoms with E-state index < -0.39 is 54.0 Å². The highest BCUT2D eigenvalue weighted by molar-refractivity contribution is 8.06. The predicted octanol–water partition coefficient (Wildman–Crippen LogP) is 3.94. The topological polar surface area (TPSA) is 133 Å². The molecule has 0 heterocycles. The fraction of sp³-hybridized carbons (Fsp3) is 0.0833. The van der Waals surface area contributed by atoms with E-state index in [4.69, 9.17) is 0 Å². The lowest BCUT2D eigenvalue weighted by molar-refractivity contribution is -0.151. The summed E-state index contributed by atoms with van der Waals surface area (Å²) in [6, 6.07) is 19.8. The number of halogens is 4. The quantitative estimate of drug-likeness (QED) is 0.187. The number of alkyl halides is 4. The number of ether oxygens (including phenoxy) is 2. The van der Waals surface area contributed by atoms with Gasteiger partial charge >= 0.3 is 42.5 Å². The normalized spacial score (nSPS) is 12.8. The Balaban J connectivity index is 1.52. The van der Waals surface area contributed by atoms with Crippen molar-refractivity contribution in [3.8, 4) is 11.5 Å². The van der Waals surface area contributed by atoms with Crippen LogP contribution < -0.4 is 13.6 Å². The monoisotopic (exact) mass is 585 g/mol. The second-order valence-corrected chi connectivity index (χ2v) is 11.6. The molecule has 0 aliphatic rings. The molecule has 39 heavy (non-hydrogen) atoms. The van der Waals surface area contributed by atoms with Gasteiger partial charge < -0.3 is 9.47 Å². The third-order valence-corrected chi connectivity index (χ3v) is 8.67. The van der Waals surface area contributed by atoms with Gasteiger partial charge in [-0.2, -0.15) is 17.6 Å². The molecular weight excluding hydrogens is 570 g/mol. The van der Waals surface area contributed by atoms with Gasteiger partial charge in [0.1, 0.15) is 11.5 Å². The van der Waals surface area contributed by atoms with E-state index in [9.17, 15) is 44.0 Å². The van der Waals surface area contributed by atoms with E-state index in [1.807, 2.05) is 0 Å². The number of sulfonamides is 2. The summed E-state index contributed by atoms with van der Waals surface area (Å²) in [5, 5.41) is -9.29. The summed E-state index contributed by atoms with van der Waals surface area (Å²) in [6.07, 6.45) is 0. The minimum atomic E-state index is -6.73. The standard InChI is InChI=1S/C24H15F4NO8S2/c25-23(26,21(30)36-19-11-9-15-5-1-3-7-17(15)13-19)38(32,33)29-39(34,35)24(27,28)22(31)37-20-12-10-16-6-2-4-8-18(16)14-20/h1-14,29H. The fourth-order valence-corrected chi connectivity index (χ4v) is 5.78. The number of hydrogen-bond acceptors (Lipinski definition) is 8. The van der Waals surface area contributed by atoms with Gasteiger partial charge in [-0.15, -0.1) is 0 Å². The summed E-state index contributed by atoms with van der Waals surface area (Å²) >= 11 is 0. The maximum atomic E-state index is 14.5. The molecule has 0 spiro atoms. The van der Waals surface area contributed by atoms with Crippen molar-refractivity contribution in [2.75, 3.05) is 0 Å². The van der Waals surface area contributed by atoms with Gasteiger partial charge in [-0.25, -0.2) is 26.4 Å². The van der Waals surface area contributed by atoms with Gasteiger partial charge in [0.05, 0.1) is 0 Å². The van der Waals surface area contributed by atoms with Crippen molar-refractivity contribution in [1.82, 2.24) is 4.13 Å². The zero-order valence-corrected chi connectivity index (χ0v) is 20.8. The number of carbonyl (C=O) groups is 2. The van der Waals surface area contributed by atoms with E-state index in [2.05, 4.69) is 9.47 Å². The van der Waals surface area contributed by atoms with Crippen molar-refractivity contribution in [2.24, 2.45) is 0 Å². The van der Waals surface area contributed by atoms with Gasteiger partial charge in [0.15, 0.2) is 0 Å². The number of rotatable bonds is 8. The minimum Gasteiger partial charge on any atom is -0.421 e. The van der Waals surface area contributed by atoms with E-state index in [0.29, 0.717) is 21.5 Å². The molecule has 0 unspecified atom stereocenters. The molecule has 1 N–H and O–H groups in total. The van der Waals surface area contributed by atoms with Crippen LogP contribution in [0.4, 0.5) is 17.6 Å². The third kappa shape index (κ3) is 5.41. The highest BCUT2D eigenvalue weighted by Gasteiger charge is 2.62. The van der Waals surface area contributed by atoms with Gasteiger partial charge in [-0.3, -0.25) is 0 Å². The van der Waals surface area contributed by atoms with Gasteiger partial charge in [-0.1, -0.05) is 64.8 Å². The van der Waals surface area contributed by atoms with Crippen molar-refractivity contribution in [3.63, 3.8) is 0 Å². The first-order chi connectivity index (χ1) is 18.1. The van der Waals surface area contributed by atoms with Crippen LogP contribution in [0.3, 0.4) is 0 Å². The number of esters is 2. The first-order valence-electron chi connectivity index (χ1n) is 10.6. The van der Waals surface area contributed by atoms with E-state index >= 15 is 0 Å². The van der Waals surface area contributed by atoms with Gasteiger partial charge in [-0.05, 0) is 45.8 Å². The summed E-state index contributed by atoms with van der Waals surface area (Å²) in [5.41, 5.74) is 0. The van der Waals surface area contributed by atoms with Crippen LogP contribution >= 0.6 is 0 Å². The Morgan fingerprint density at radius 2 is 0.897 bits per heavy atom. The zero-order valence-electron chi connectivity index (χ0n) is 19.2. The van der Waals surface area contributed by atoms with E-state index in [0.717, 1.165) is 24.3 Å².